The average molecular weight is 391 g/mol. The van der Waals surface area contributed by atoms with Gasteiger partial charge in [-0.25, -0.2) is 0 Å². The van der Waals surface area contributed by atoms with Gasteiger partial charge in [0.1, 0.15) is 6.61 Å². The first-order valence-electron chi connectivity index (χ1n) is 9.91. The van der Waals surface area contributed by atoms with E-state index in [9.17, 15) is 0 Å². The Balaban J connectivity index is 1.58. The van der Waals surface area contributed by atoms with E-state index in [1.54, 1.807) is 7.11 Å². The monoisotopic (exact) mass is 390 g/mol. The van der Waals surface area contributed by atoms with Gasteiger partial charge in [0.05, 0.1) is 7.11 Å². The molecule has 3 rings (SSSR count). The molecule has 152 valence electrons. The third kappa shape index (κ3) is 6.63. The van der Waals surface area contributed by atoms with Crippen LogP contribution in [0.4, 0.5) is 0 Å². The van der Waals surface area contributed by atoms with Crippen molar-refractivity contribution in [1.29, 1.82) is 0 Å². The Bertz CT molecular complexity index is 894. The lowest BCUT2D eigenvalue weighted by Crippen LogP contribution is -2.14. The summed E-state index contributed by atoms with van der Waals surface area (Å²) in [5.41, 5.74) is 4.92. The number of benzene rings is 3. The largest absolute Gasteiger partial charge is 0.493 e. The summed E-state index contributed by atoms with van der Waals surface area (Å²) < 4.78 is 11.5. The van der Waals surface area contributed by atoms with E-state index in [4.69, 9.17) is 9.47 Å². The van der Waals surface area contributed by atoms with Gasteiger partial charge in [0, 0.05) is 19.6 Å². The molecule has 4 heteroatoms. The first-order chi connectivity index (χ1) is 14.1. The maximum Gasteiger partial charge on any atom is 0.161 e. The number of ether oxygens (including phenoxy) is 2. The molecule has 0 aliphatic heterocycles. The van der Waals surface area contributed by atoms with Gasteiger partial charge in [-0.15, -0.1) is 0 Å². The van der Waals surface area contributed by atoms with E-state index in [0.29, 0.717) is 6.61 Å². The highest BCUT2D eigenvalue weighted by Crippen LogP contribution is 2.29. The lowest BCUT2D eigenvalue weighted by molar-refractivity contribution is 0.284. The lowest BCUT2D eigenvalue weighted by atomic mass is 10.1. The van der Waals surface area contributed by atoms with Crippen LogP contribution < -0.4 is 14.8 Å². The van der Waals surface area contributed by atoms with Crippen molar-refractivity contribution in [3.63, 3.8) is 0 Å². The summed E-state index contributed by atoms with van der Waals surface area (Å²) in [4.78, 5) is 2.18. The zero-order chi connectivity index (χ0) is 20.5. The van der Waals surface area contributed by atoms with Gasteiger partial charge in [0.25, 0.3) is 0 Å². The van der Waals surface area contributed by atoms with Crippen molar-refractivity contribution in [3.8, 4) is 11.5 Å². The second-order valence-electron chi connectivity index (χ2n) is 7.42. The van der Waals surface area contributed by atoms with Crippen LogP contribution in [-0.4, -0.2) is 26.1 Å². The summed E-state index contributed by atoms with van der Waals surface area (Å²) in [6.45, 7) is 3.07. The van der Waals surface area contributed by atoms with Gasteiger partial charge >= 0.3 is 0 Å². The molecule has 0 radical (unpaired) electrons. The number of rotatable bonds is 10. The minimum Gasteiger partial charge on any atom is -0.493 e. The highest BCUT2D eigenvalue weighted by atomic mass is 16.5. The van der Waals surface area contributed by atoms with Gasteiger partial charge in [-0.05, 0) is 48.5 Å². The summed E-state index contributed by atoms with van der Waals surface area (Å²) >= 11 is 0. The van der Waals surface area contributed by atoms with Gasteiger partial charge in [0.2, 0.25) is 0 Å². The van der Waals surface area contributed by atoms with Gasteiger partial charge < -0.3 is 19.7 Å². The van der Waals surface area contributed by atoms with Crippen LogP contribution in [0.3, 0.4) is 0 Å². The molecule has 0 aliphatic rings. The van der Waals surface area contributed by atoms with Crippen molar-refractivity contribution >= 4 is 0 Å². The first kappa shape index (κ1) is 20.9. The molecule has 0 heterocycles. The Kier molecular flexibility index (Phi) is 7.68. The summed E-state index contributed by atoms with van der Waals surface area (Å²) in [6, 6.07) is 25.0. The Morgan fingerprint density at radius 1 is 0.724 bits per heavy atom. The van der Waals surface area contributed by atoms with Crippen LogP contribution in [0.5, 0.6) is 11.5 Å². The van der Waals surface area contributed by atoms with Gasteiger partial charge in [0.15, 0.2) is 11.5 Å². The van der Waals surface area contributed by atoms with E-state index in [1.165, 1.54) is 16.7 Å². The normalized spacial score (nSPS) is 10.9. The van der Waals surface area contributed by atoms with E-state index >= 15 is 0 Å². The molecule has 0 saturated carbocycles. The van der Waals surface area contributed by atoms with Gasteiger partial charge in [-0.2, -0.15) is 0 Å². The van der Waals surface area contributed by atoms with Crippen molar-refractivity contribution in [2.75, 3.05) is 21.2 Å². The quantitative estimate of drug-likeness (QED) is 0.547. The number of methoxy groups -OCH3 is 1. The Labute approximate surface area is 174 Å². The molecule has 4 nitrogen and oxygen atoms in total. The molecule has 0 saturated heterocycles. The van der Waals surface area contributed by atoms with Gasteiger partial charge in [-0.1, -0.05) is 60.7 Å². The van der Waals surface area contributed by atoms with Crippen LogP contribution in [0.25, 0.3) is 0 Å². The Morgan fingerprint density at radius 2 is 1.41 bits per heavy atom. The number of nitrogens with zero attached hydrogens (tertiary/aromatic N) is 1. The molecule has 1 N–H and O–H groups in total. The van der Waals surface area contributed by atoms with Crippen molar-refractivity contribution in [2.45, 2.75) is 26.2 Å². The van der Waals surface area contributed by atoms with Crippen LogP contribution in [0, 0.1) is 0 Å². The van der Waals surface area contributed by atoms with E-state index < -0.39 is 0 Å². The Morgan fingerprint density at radius 3 is 2.14 bits per heavy atom. The van der Waals surface area contributed by atoms with Crippen LogP contribution in [0.1, 0.15) is 22.3 Å². The number of hydrogen-bond donors (Lipinski definition) is 1. The van der Waals surface area contributed by atoms with Crippen LogP contribution in [0.2, 0.25) is 0 Å². The second kappa shape index (κ2) is 10.6. The second-order valence-corrected chi connectivity index (χ2v) is 7.42. The summed E-state index contributed by atoms with van der Waals surface area (Å²) in [5.74, 6) is 1.52. The standard InChI is InChI=1S/C25H30N2O2/c1-27(2)18-23-11-7-10-21(14-23)16-26-17-22-12-13-24(28-3)25(15-22)29-19-20-8-5-4-6-9-20/h4-15,26H,16-19H2,1-3H3. The zero-order valence-electron chi connectivity index (χ0n) is 17.5. The predicted octanol–water partition coefficient (Wildman–Crippen LogP) is 4.63. The smallest absolute Gasteiger partial charge is 0.161 e. The minimum atomic E-state index is 0.521. The maximum atomic E-state index is 6.01. The predicted molar refractivity (Wildman–Crippen MR) is 118 cm³/mol. The Hall–Kier alpha value is -2.82. The molecule has 29 heavy (non-hydrogen) atoms. The molecule has 0 amide bonds. The summed E-state index contributed by atoms with van der Waals surface area (Å²) in [7, 11) is 5.85. The zero-order valence-corrected chi connectivity index (χ0v) is 17.5. The SMILES string of the molecule is COc1ccc(CNCc2cccc(CN(C)C)c2)cc1OCc1ccccc1. The summed E-state index contributed by atoms with van der Waals surface area (Å²) in [5, 5.41) is 3.53. The highest BCUT2D eigenvalue weighted by Gasteiger charge is 2.07. The molecule has 3 aromatic rings. The fourth-order valence-electron chi connectivity index (χ4n) is 3.23. The van der Waals surface area contributed by atoms with Crippen molar-refractivity contribution < 1.29 is 9.47 Å². The fourth-order valence-corrected chi connectivity index (χ4v) is 3.23. The van der Waals surface area contributed by atoms with E-state index in [1.807, 2.05) is 24.3 Å². The van der Waals surface area contributed by atoms with Crippen molar-refractivity contribution in [1.82, 2.24) is 10.2 Å². The molecule has 0 bridgehead atoms. The highest BCUT2D eigenvalue weighted by molar-refractivity contribution is 5.43. The third-order valence-electron chi connectivity index (χ3n) is 4.61. The van der Waals surface area contributed by atoms with Crippen molar-refractivity contribution in [3.05, 3.63) is 95.1 Å². The first-order valence-corrected chi connectivity index (χ1v) is 9.91. The minimum absolute atomic E-state index is 0.521. The lowest BCUT2D eigenvalue weighted by Gasteiger charge is -2.13. The molecule has 3 aromatic carbocycles. The van der Waals surface area contributed by atoms with Crippen molar-refractivity contribution in [2.24, 2.45) is 0 Å². The molecule has 0 fully saturated rings. The molecule has 0 aliphatic carbocycles. The number of hydrogen-bond acceptors (Lipinski definition) is 4. The maximum absolute atomic E-state index is 6.01. The fraction of sp³-hybridized carbons (Fsp3) is 0.280. The topological polar surface area (TPSA) is 33.7 Å². The molecule has 0 unspecified atom stereocenters. The molecule has 0 aromatic heterocycles. The van der Waals surface area contributed by atoms with E-state index in [0.717, 1.165) is 36.7 Å². The van der Waals surface area contributed by atoms with Crippen LogP contribution in [0.15, 0.2) is 72.8 Å². The van der Waals surface area contributed by atoms with Crippen LogP contribution in [-0.2, 0) is 26.2 Å². The molecule has 0 atom stereocenters. The third-order valence-corrected chi connectivity index (χ3v) is 4.61. The van der Waals surface area contributed by atoms with E-state index in [2.05, 4.69) is 72.8 Å². The number of nitrogens with one attached hydrogen (secondary N) is 1. The average Bonchev–Trinajstić information content (AvgIpc) is 2.73. The summed E-state index contributed by atoms with van der Waals surface area (Å²) in [6.07, 6.45) is 0. The van der Waals surface area contributed by atoms with Gasteiger partial charge in [-0.3, -0.25) is 0 Å². The van der Waals surface area contributed by atoms with E-state index in [-0.39, 0.29) is 0 Å². The molecular formula is C25H30N2O2. The molecular weight excluding hydrogens is 360 g/mol. The molecule has 0 spiro atoms. The van der Waals surface area contributed by atoms with Crippen LogP contribution >= 0.6 is 0 Å².